The maximum absolute atomic E-state index is 12.7. The van der Waals surface area contributed by atoms with Crippen molar-refractivity contribution in [2.75, 3.05) is 11.6 Å². The molecule has 1 aliphatic carbocycles. The fourth-order valence-corrected chi connectivity index (χ4v) is 5.50. The maximum atomic E-state index is 12.7. The average molecular weight is 406 g/mol. The Morgan fingerprint density at radius 3 is 2.67 bits per heavy atom. The van der Waals surface area contributed by atoms with E-state index in [-0.39, 0.29) is 17.1 Å². The third-order valence-corrected chi connectivity index (χ3v) is 7.24. The Balaban J connectivity index is 1.73. The summed E-state index contributed by atoms with van der Waals surface area (Å²) in [5.74, 6) is 0.486. The summed E-state index contributed by atoms with van der Waals surface area (Å²) in [6, 6.07) is 9.07. The summed E-state index contributed by atoms with van der Waals surface area (Å²) >= 11 is 1.58. The lowest BCUT2D eigenvalue weighted by Gasteiger charge is -2.33. The van der Waals surface area contributed by atoms with Crippen LogP contribution in [-0.4, -0.2) is 20.6 Å². The number of carbonyl (C=O) groups is 1. The van der Waals surface area contributed by atoms with Gasteiger partial charge in [0.15, 0.2) is 9.84 Å². The van der Waals surface area contributed by atoms with Crippen LogP contribution in [0.2, 0.25) is 0 Å². The van der Waals surface area contributed by atoms with Gasteiger partial charge in [0.05, 0.1) is 10.6 Å². The predicted octanol–water partition coefficient (Wildman–Crippen LogP) is 4.70. The van der Waals surface area contributed by atoms with Gasteiger partial charge in [-0.15, -0.1) is 11.3 Å². The second-order valence-corrected chi connectivity index (χ2v) is 11.9. The van der Waals surface area contributed by atoms with Gasteiger partial charge in [0.25, 0.3) is 5.91 Å². The highest BCUT2D eigenvalue weighted by molar-refractivity contribution is 7.89. The summed E-state index contributed by atoms with van der Waals surface area (Å²) in [6.45, 7) is 6.85. The first-order valence-corrected chi connectivity index (χ1v) is 12.1. The molecule has 2 aromatic rings. The third kappa shape index (κ3) is 5.20. The molecule has 6 heteroatoms. The zero-order valence-electron chi connectivity index (χ0n) is 16.3. The molecule has 1 aliphatic rings. The van der Waals surface area contributed by atoms with E-state index < -0.39 is 9.84 Å². The third-order valence-electron chi connectivity index (χ3n) is 5.15. The molecule has 1 amide bonds. The maximum Gasteiger partial charge on any atom is 0.265 e. The highest BCUT2D eigenvalue weighted by Crippen LogP contribution is 2.40. The lowest BCUT2D eigenvalue weighted by atomic mass is 9.72. The van der Waals surface area contributed by atoms with Crippen molar-refractivity contribution in [2.45, 2.75) is 45.8 Å². The fraction of sp³-hybridized carbons (Fsp3) is 0.476. The number of hydrogen-bond acceptors (Lipinski definition) is 4. The molecule has 1 N–H and O–H groups in total. The van der Waals surface area contributed by atoms with Crippen LogP contribution in [0.25, 0.3) is 0 Å². The topological polar surface area (TPSA) is 63.2 Å². The average Bonchev–Trinajstić information content (AvgIpc) is 2.96. The molecule has 1 atom stereocenters. The molecule has 0 radical (unpaired) electrons. The van der Waals surface area contributed by atoms with E-state index in [1.807, 2.05) is 6.07 Å². The predicted molar refractivity (Wildman–Crippen MR) is 112 cm³/mol. The smallest absolute Gasteiger partial charge is 0.265 e. The zero-order valence-corrected chi connectivity index (χ0v) is 18.0. The molecular formula is C21H27NO3S2. The lowest BCUT2D eigenvalue weighted by Crippen LogP contribution is -2.26. The first-order valence-electron chi connectivity index (χ1n) is 9.21. The minimum atomic E-state index is -3.10. The van der Waals surface area contributed by atoms with Gasteiger partial charge in [-0.2, -0.15) is 0 Å². The van der Waals surface area contributed by atoms with Crippen LogP contribution in [-0.2, 0) is 28.4 Å². The van der Waals surface area contributed by atoms with Gasteiger partial charge in [-0.3, -0.25) is 4.79 Å². The second kappa shape index (κ2) is 7.40. The van der Waals surface area contributed by atoms with Crippen molar-refractivity contribution in [3.63, 3.8) is 0 Å². The van der Waals surface area contributed by atoms with E-state index in [1.54, 1.807) is 35.6 Å². The number of carbonyl (C=O) groups excluding carboxylic acids is 1. The first-order chi connectivity index (χ1) is 12.5. The molecule has 3 rings (SSSR count). The normalized spacial score (nSPS) is 17.4. The minimum absolute atomic E-state index is 0.0296. The molecule has 1 heterocycles. The van der Waals surface area contributed by atoms with Crippen molar-refractivity contribution in [1.29, 1.82) is 0 Å². The standard InChI is InChI=1S/C21H27NO3S2/c1-21(2,3)16-8-9-18-15(11-16)12-19(26-18)20(23)22-17-7-5-6-14(10-17)13-27(4,24)25/h5-7,10,12,16H,8-9,11,13H2,1-4H3,(H,22,23). The van der Waals surface area contributed by atoms with Crippen LogP contribution in [0.4, 0.5) is 5.69 Å². The number of fused-ring (bicyclic) bond motifs is 1. The molecule has 0 saturated heterocycles. The SMILES string of the molecule is CC(C)(C)C1CCc2sc(C(=O)Nc3cccc(CS(C)(=O)=O)c3)cc2C1. The largest absolute Gasteiger partial charge is 0.321 e. The zero-order chi connectivity index (χ0) is 19.8. The fourth-order valence-electron chi connectivity index (χ4n) is 3.61. The Hall–Kier alpha value is -1.66. The highest BCUT2D eigenvalue weighted by Gasteiger charge is 2.30. The molecule has 0 saturated carbocycles. The molecule has 0 aliphatic heterocycles. The summed E-state index contributed by atoms with van der Waals surface area (Å²) in [6.07, 6.45) is 4.45. The van der Waals surface area contributed by atoms with E-state index in [2.05, 4.69) is 26.1 Å². The van der Waals surface area contributed by atoms with E-state index in [1.165, 1.54) is 23.1 Å². The molecule has 0 spiro atoms. The van der Waals surface area contributed by atoms with Gasteiger partial charge >= 0.3 is 0 Å². The molecule has 4 nitrogen and oxygen atoms in total. The van der Waals surface area contributed by atoms with Crippen LogP contribution in [0, 0.1) is 11.3 Å². The van der Waals surface area contributed by atoms with Gasteiger partial charge < -0.3 is 5.32 Å². The number of hydrogen-bond donors (Lipinski definition) is 1. The van der Waals surface area contributed by atoms with Gasteiger partial charge in [-0.25, -0.2) is 8.42 Å². The molecule has 0 fully saturated rings. The lowest BCUT2D eigenvalue weighted by molar-refractivity contribution is 0.103. The minimum Gasteiger partial charge on any atom is -0.321 e. The van der Waals surface area contributed by atoms with Crippen LogP contribution in [0.1, 0.15) is 52.9 Å². The Morgan fingerprint density at radius 2 is 2.00 bits per heavy atom. The van der Waals surface area contributed by atoms with E-state index in [9.17, 15) is 13.2 Å². The van der Waals surface area contributed by atoms with E-state index >= 15 is 0 Å². The van der Waals surface area contributed by atoms with Crippen molar-refractivity contribution in [3.8, 4) is 0 Å². The molecule has 146 valence electrons. The number of rotatable bonds is 4. The molecule has 1 aromatic carbocycles. The van der Waals surface area contributed by atoms with Crippen LogP contribution in [0.5, 0.6) is 0 Å². The monoisotopic (exact) mass is 405 g/mol. The molecule has 0 bridgehead atoms. The summed E-state index contributed by atoms with van der Waals surface area (Å²) in [5.41, 5.74) is 2.89. The summed E-state index contributed by atoms with van der Waals surface area (Å²) in [7, 11) is -3.10. The quantitative estimate of drug-likeness (QED) is 0.802. The van der Waals surface area contributed by atoms with Gasteiger partial charge in [0.2, 0.25) is 0 Å². The Kier molecular flexibility index (Phi) is 5.50. The number of sulfone groups is 1. The first kappa shape index (κ1) is 20.1. The van der Waals surface area contributed by atoms with Gasteiger partial charge in [0.1, 0.15) is 0 Å². The van der Waals surface area contributed by atoms with Crippen molar-refractivity contribution in [3.05, 3.63) is 51.2 Å². The summed E-state index contributed by atoms with van der Waals surface area (Å²) < 4.78 is 23.0. The number of nitrogens with one attached hydrogen (secondary N) is 1. The molecule has 27 heavy (non-hydrogen) atoms. The van der Waals surface area contributed by atoms with Gasteiger partial charge in [-0.1, -0.05) is 32.9 Å². The summed E-state index contributed by atoms with van der Waals surface area (Å²) in [5, 5.41) is 2.91. The van der Waals surface area contributed by atoms with Crippen molar-refractivity contribution >= 4 is 32.8 Å². The molecular weight excluding hydrogens is 378 g/mol. The molecule has 1 aromatic heterocycles. The highest BCUT2D eigenvalue weighted by atomic mass is 32.2. The van der Waals surface area contributed by atoms with Gasteiger partial charge in [-0.05, 0) is 59.9 Å². The van der Waals surface area contributed by atoms with Crippen molar-refractivity contribution < 1.29 is 13.2 Å². The number of amides is 1. The second-order valence-electron chi connectivity index (χ2n) is 8.59. The van der Waals surface area contributed by atoms with E-state index in [4.69, 9.17) is 0 Å². The van der Waals surface area contributed by atoms with Crippen LogP contribution in [0.15, 0.2) is 30.3 Å². The Bertz CT molecular complexity index is 952. The number of aryl methyl sites for hydroxylation is 1. The number of benzene rings is 1. The van der Waals surface area contributed by atoms with Crippen molar-refractivity contribution in [1.82, 2.24) is 0 Å². The van der Waals surface area contributed by atoms with Crippen LogP contribution in [0.3, 0.4) is 0 Å². The van der Waals surface area contributed by atoms with Crippen molar-refractivity contribution in [2.24, 2.45) is 11.3 Å². The molecule has 1 unspecified atom stereocenters. The van der Waals surface area contributed by atoms with Crippen LogP contribution >= 0.6 is 11.3 Å². The Morgan fingerprint density at radius 1 is 1.26 bits per heavy atom. The number of thiophene rings is 1. The number of anilines is 1. The Labute approximate surface area is 165 Å². The van der Waals surface area contributed by atoms with Gasteiger partial charge in [0, 0.05) is 16.8 Å². The van der Waals surface area contributed by atoms with E-state index in [0.717, 1.165) is 17.7 Å². The van der Waals surface area contributed by atoms with E-state index in [0.29, 0.717) is 17.2 Å². The van der Waals surface area contributed by atoms with Crippen LogP contribution < -0.4 is 5.32 Å². The summed E-state index contributed by atoms with van der Waals surface area (Å²) in [4.78, 5) is 14.7.